The number of benzene rings is 2. The standard InChI is InChI=1S/C24H21N5O3S/c1-29(13-15-10-11-33-14-15)22(30)21-8-4-17-12-19(7-9-20(17)28-21)32-23(31)16-2-5-18(6-3-16)27-24(25)26/h2-12,14H,13H2,1H3,(H4,25,26,27). The second kappa shape index (κ2) is 9.49. The van der Waals surface area contributed by atoms with Crippen molar-refractivity contribution in [2.24, 2.45) is 16.5 Å². The molecule has 0 atom stereocenters. The summed E-state index contributed by atoms with van der Waals surface area (Å²) in [4.78, 5) is 35.2. The summed E-state index contributed by atoms with van der Waals surface area (Å²) in [6.45, 7) is 0.518. The fraction of sp³-hybridized carbons (Fsp3) is 0.0833. The SMILES string of the molecule is CN(Cc1ccsc1)C(=O)c1ccc2cc(OC(=O)c3ccc(N=C(N)N)cc3)ccc2n1. The van der Waals surface area contributed by atoms with Gasteiger partial charge in [-0.15, -0.1) is 0 Å². The van der Waals surface area contributed by atoms with Crippen molar-refractivity contribution in [1.82, 2.24) is 9.88 Å². The van der Waals surface area contributed by atoms with Crippen molar-refractivity contribution in [2.45, 2.75) is 6.54 Å². The largest absolute Gasteiger partial charge is 0.423 e. The minimum atomic E-state index is -0.514. The third-order valence-corrected chi connectivity index (χ3v) is 5.53. The molecule has 0 spiro atoms. The van der Waals surface area contributed by atoms with Crippen LogP contribution in [0.2, 0.25) is 0 Å². The summed E-state index contributed by atoms with van der Waals surface area (Å²) in [5.41, 5.74) is 13.7. The van der Waals surface area contributed by atoms with Crippen LogP contribution in [0.5, 0.6) is 5.75 Å². The molecule has 2 aromatic carbocycles. The van der Waals surface area contributed by atoms with Crippen molar-refractivity contribution >= 4 is 45.8 Å². The number of nitrogens with two attached hydrogens (primary N) is 2. The number of thiophene rings is 1. The number of pyridine rings is 1. The van der Waals surface area contributed by atoms with E-state index in [9.17, 15) is 9.59 Å². The van der Waals surface area contributed by atoms with Crippen LogP contribution in [0.3, 0.4) is 0 Å². The number of carbonyl (C=O) groups excluding carboxylic acids is 2. The van der Waals surface area contributed by atoms with Crippen LogP contribution >= 0.6 is 11.3 Å². The predicted molar refractivity (Wildman–Crippen MR) is 129 cm³/mol. The van der Waals surface area contributed by atoms with Crippen molar-refractivity contribution in [2.75, 3.05) is 7.05 Å². The van der Waals surface area contributed by atoms with Gasteiger partial charge in [-0.25, -0.2) is 14.8 Å². The highest BCUT2D eigenvalue weighted by molar-refractivity contribution is 7.07. The van der Waals surface area contributed by atoms with Gasteiger partial charge in [0.2, 0.25) is 0 Å². The van der Waals surface area contributed by atoms with E-state index in [0.29, 0.717) is 34.8 Å². The molecule has 33 heavy (non-hydrogen) atoms. The van der Waals surface area contributed by atoms with Gasteiger partial charge < -0.3 is 21.1 Å². The maximum Gasteiger partial charge on any atom is 0.343 e. The Morgan fingerprint density at radius 2 is 1.85 bits per heavy atom. The van der Waals surface area contributed by atoms with Crippen LogP contribution in [-0.2, 0) is 6.54 Å². The van der Waals surface area contributed by atoms with E-state index >= 15 is 0 Å². The van der Waals surface area contributed by atoms with Gasteiger partial charge in [0.1, 0.15) is 11.4 Å². The number of nitrogens with zero attached hydrogens (tertiary/aromatic N) is 3. The first kappa shape index (κ1) is 22.0. The molecule has 0 aliphatic rings. The number of aliphatic imine (C=N–C) groups is 1. The first-order chi connectivity index (χ1) is 15.9. The molecule has 0 fully saturated rings. The molecule has 0 radical (unpaired) electrons. The molecule has 0 saturated heterocycles. The number of hydrogen-bond donors (Lipinski definition) is 2. The van der Waals surface area contributed by atoms with Gasteiger partial charge >= 0.3 is 5.97 Å². The predicted octanol–water partition coefficient (Wildman–Crippen LogP) is 3.69. The molecule has 166 valence electrons. The van der Waals surface area contributed by atoms with E-state index < -0.39 is 5.97 Å². The fourth-order valence-corrected chi connectivity index (χ4v) is 3.86. The lowest BCUT2D eigenvalue weighted by atomic mass is 10.1. The van der Waals surface area contributed by atoms with Gasteiger partial charge in [-0.05, 0) is 70.9 Å². The minimum Gasteiger partial charge on any atom is -0.423 e. The molecule has 2 heterocycles. The quantitative estimate of drug-likeness (QED) is 0.196. The van der Waals surface area contributed by atoms with E-state index in [-0.39, 0.29) is 11.9 Å². The van der Waals surface area contributed by atoms with Gasteiger partial charge in [-0.2, -0.15) is 11.3 Å². The highest BCUT2D eigenvalue weighted by atomic mass is 32.1. The molecule has 0 bridgehead atoms. The third-order valence-electron chi connectivity index (χ3n) is 4.80. The van der Waals surface area contributed by atoms with Crippen LogP contribution in [-0.4, -0.2) is 34.8 Å². The molecule has 4 aromatic rings. The van der Waals surface area contributed by atoms with Crippen molar-refractivity contribution in [3.8, 4) is 5.75 Å². The summed E-state index contributed by atoms with van der Waals surface area (Å²) in [5, 5.41) is 4.74. The van der Waals surface area contributed by atoms with Gasteiger partial charge in [-0.3, -0.25) is 4.79 Å². The molecule has 0 aliphatic heterocycles. The smallest absolute Gasteiger partial charge is 0.343 e. The Kier molecular flexibility index (Phi) is 6.32. The molecule has 9 heteroatoms. The van der Waals surface area contributed by atoms with Crippen molar-refractivity contribution in [1.29, 1.82) is 0 Å². The lowest BCUT2D eigenvalue weighted by Gasteiger charge is -2.16. The van der Waals surface area contributed by atoms with Crippen LogP contribution in [0.15, 0.2) is 76.4 Å². The second-order valence-electron chi connectivity index (χ2n) is 7.32. The highest BCUT2D eigenvalue weighted by Crippen LogP contribution is 2.22. The van der Waals surface area contributed by atoms with E-state index in [1.54, 1.807) is 77.9 Å². The zero-order valence-electron chi connectivity index (χ0n) is 17.8. The monoisotopic (exact) mass is 459 g/mol. The molecule has 0 unspecified atom stereocenters. The molecule has 4 N–H and O–H groups in total. The summed E-state index contributed by atoms with van der Waals surface area (Å²) < 4.78 is 5.48. The number of aromatic nitrogens is 1. The zero-order chi connectivity index (χ0) is 23.4. The van der Waals surface area contributed by atoms with E-state index in [0.717, 1.165) is 10.9 Å². The first-order valence-corrected chi connectivity index (χ1v) is 10.9. The van der Waals surface area contributed by atoms with Gasteiger partial charge in [0.25, 0.3) is 5.91 Å². The Morgan fingerprint density at radius 3 is 2.55 bits per heavy atom. The number of hydrogen-bond acceptors (Lipinski definition) is 6. The molecule has 1 amide bonds. The van der Waals surface area contributed by atoms with Crippen LogP contribution in [0.1, 0.15) is 26.4 Å². The molecule has 2 aromatic heterocycles. The normalized spacial score (nSPS) is 10.6. The number of ether oxygens (including phenoxy) is 1. The Hall–Kier alpha value is -4.24. The van der Waals surface area contributed by atoms with Crippen LogP contribution in [0.25, 0.3) is 10.9 Å². The van der Waals surface area contributed by atoms with Crippen LogP contribution < -0.4 is 16.2 Å². The molecule has 4 rings (SSSR count). The van der Waals surface area contributed by atoms with Crippen molar-refractivity contribution in [3.05, 3.63) is 88.2 Å². The van der Waals surface area contributed by atoms with E-state index in [1.165, 1.54) is 0 Å². The number of guanidine groups is 1. The number of esters is 1. The van der Waals surface area contributed by atoms with Gasteiger partial charge in [0.05, 0.1) is 16.8 Å². The van der Waals surface area contributed by atoms with E-state index in [2.05, 4.69) is 9.98 Å². The topological polar surface area (TPSA) is 124 Å². The maximum atomic E-state index is 12.7. The van der Waals surface area contributed by atoms with E-state index in [4.69, 9.17) is 16.2 Å². The van der Waals surface area contributed by atoms with Crippen molar-refractivity contribution in [3.63, 3.8) is 0 Å². The number of carbonyl (C=O) groups is 2. The summed E-state index contributed by atoms with van der Waals surface area (Å²) in [6.07, 6.45) is 0. The first-order valence-electron chi connectivity index (χ1n) is 9.98. The average Bonchev–Trinajstić information content (AvgIpc) is 3.31. The number of amides is 1. The number of fused-ring (bicyclic) bond motifs is 1. The zero-order valence-corrected chi connectivity index (χ0v) is 18.6. The Balaban J connectivity index is 1.46. The fourth-order valence-electron chi connectivity index (χ4n) is 3.20. The Bertz CT molecular complexity index is 1330. The van der Waals surface area contributed by atoms with Gasteiger partial charge in [0.15, 0.2) is 5.96 Å². The lowest BCUT2D eigenvalue weighted by Crippen LogP contribution is -2.26. The van der Waals surface area contributed by atoms with E-state index in [1.807, 2.05) is 16.8 Å². The molecular weight excluding hydrogens is 438 g/mol. The third kappa shape index (κ3) is 5.34. The summed E-state index contributed by atoms with van der Waals surface area (Å²) in [5.74, 6) is -0.367. The van der Waals surface area contributed by atoms with Crippen LogP contribution in [0.4, 0.5) is 5.69 Å². The summed E-state index contributed by atoms with van der Waals surface area (Å²) >= 11 is 1.59. The lowest BCUT2D eigenvalue weighted by molar-refractivity contribution is 0.0734. The molecule has 8 nitrogen and oxygen atoms in total. The second-order valence-corrected chi connectivity index (χ2v) is 8.10. The molecular formula is C24H21N5O3S. The average molecular weight is 460 g/mol. The Morgan fingerprint density at radius 1 is 1.06 bits per heavy atom. The Labute approximate surface area is 194 Å². The van der Waals surface area contributed by atoms with Gasteiger partial charge in [-0.1, -0.05) is 6.07 Å². The maximum absolute atomic E-state index is 12.7. The molecule has 0 saturated carbocycles. The van der Waals surface area contributed by atoms with Crippen molar-refractivity contribution < 1.29 is 14.3 Å². The molecule has 0 aliphatic carbocycles. The van der Waals surface area contributed by atoms with Crippen LogP contribution in [0, 0.1) is 0 Å². The highest BCUT2D eigenvalue weighted by Gasteiger charge is 2.15. The number of rotatable bonds is 6. The van der Waals surface area contributed by atoms with Gasteiger partial charge in [0, 0.05) is 19.0 Å². The minimum absolute atomic E-state index is 0.0611. The summed E-state index contributed by atoms with van der Waals surface area (Å²) in [6, 6.07) is 16.9. The summed E-state index contributed by atoms with van der Waals surface area (Å²) in [7, 11) is 1.75.